The molecular formula is C16H17BrClN. The zero-order chi connectivity index (χ0) is 14.0. The fraction of sp³-hybridized carbons (Fsp3) is 0.250. The summed E-state index contributed by atoms with van der Waals surface area (Å²) in [4.78, 5) is 0. The van der Waals surface area contributed by atoms with Crippen molar-refractivity contribution in [2.75, 3.05) is 0 Å². The van der Waals surface area contributed by atoms with Crippen LogP contribution >= 0.6 is 27.5 Å². The van der Waals surface area contributed by atoms with Gasteiger partial charge in [0.15, 0.2) is 0 Å². The predicted molar refractivity (Wildman–Crippen MR) is 85.7 cm³/mol. The van der Waals surface area contributed by atoms with Crippen LogP contribution in [0.25, 0.3) is 0 Å². The highest BCUT2D eigenvalue weighted by atomic mass is 79.9. The van der Waals surface area contributed by atoms with Gasteiger partial charge in [0, 0.05) is 10.5 Å². The van der Waals surface area contributed by atoms with E-state index in [9.17, 15) is 0 Å². The molecule has 0 radical (unpaired) electrons. The lowest BCUT2D eigenvalue weighted by molar-refractivity contribution is 0.720. The summed E-state index contributed by atoms with van der Waals surface area (Å²) in [5.74, 6) is 0. The minimum absolute atomic E-state index is 0.0187. The third-order valence-electron chi connectivity index (χ3n) is 3.11. The van der Waals surface area contributed by atoms with Crippen LogP contribution in [-0.2, 0) is 6.42 Å². The standard InChI is InChI=1S/C16H17BrClN/c1-10-5-11(2)7-12(6-10)8-16(19)13-3-4-15(18)14(17)9-13/h3-7,9,16H,8,19H2,1-2H3. The largest absolute Gasteiger partial charge is 0.324 e. The third kappa shape index (κ3) is 3.82. The molecule has 1 nitrogen and oxygen atoms in total. The first-order valence-corrected chi connectivity index (χ1v) is 7.40. The second kappa shape index (κ2) is 6.08. The van der Waals surface area contributed by atoms with Crippen LogP contribution in [0.3, 0.4) is 0 Å². The first kappa shape index (κ1) is 14.6. The van der Waals surface area contributed by atoms with E-state index in [4.69, 9.17) is 17.3 Å². The molecule has 0 bridgehead atoms. The predicted octanol–water partition coefficient (Wildman–Crippen LogP) is 4.96. The summed E-state index contributed by atoms with van der Waals surface area (Å²) >= 11 is 9.43. The molecule has 2 rings (SSSR count). The molecule has 19 heavy (non-hydrogen) atoms. The normalized spacial score (nSPS) is 12.5. The second-order valence-corrected chi connectivity index (χ2v) is 6.24. The SMILES string of the molecule is Cc1cc(C)cc(CC(N)c2ccc(Cl)c(Br)c2)c1. The van der Waals surface area contributed by atoms with Gasteiger partial charge in [-0.15, -0.1) is 0 Å². The van der Waals surface area contributed by atoms with Crippen LogP contribution in [0.2, 0.25) is 5.02 Å². The first-order chi connectivity index (χ1) is 8.95. The Morgan fingerprint density at radius 1 is 1.11 bits per heavy atom. The molecule has 0 aliphatic rings. The van der Waals surface area contributed by atoms with E-state index in [0.717, 1.165) is 16.5 Å². The lowest BCUT2D eigenvalue weighted by atomic mass is 9.97. The molecule has 2 aromatic rings. The number of hydrogen-bond donors (Lipinski definition) is 1. The quantitative estimate of drug-likeness (QED) is 0.841. The monoisotopic (exact) mass is 337 g/mol. The third-order valence-corrected chi connectivity index (χ3v) is 4.32. The molecule has 2 aromatic carbocycles. The molecule has 100 valence electrons. The summed E-state index contributed by atoms with van der Waals surface area (Å²) in [6, 6.07) is 12.4. The van der Waals surface area contributed by atoms with Gasteiger partial charge in [-0.2, -0.15) is 0 Å². The summed E-state index contributed by atoms with van der Waals surface area (Å²) < 4.78 is 0.891. The molecule has 0 aliphatic heterocycles. The summed E-state index contributed by atoms with van der Waals surface area (Å²) in [5, 5.41) is 0.711. The van der Waals surface area contributed by atoms with Crippen molar-refractivity contribution >= 4 is 27.5 Å². The van der Waals surface area contributed by atoms with E-state index < -0.39 is 0 Å². The number of rotatable bonds is 3. The van der Waals surface area contributed by atoms with Crippen LogP contribution in [0.4, 0.5) is 0 Å². The van der Waals surface area contributed by atoms with Crippen molar-refractivity contribution in [1.29, 1.82) is 0 Å². The Labute approximate surface area is 127 Å². The van der Waals surface area contributed by atoms with Gasteiger partial charge in [-0.25, -0.2) is 0 Å². The number of aryl methyl sites for hydroxylation is 2. The molecule has 2 N–H and O–H groups in total. The van der Waals surface area contributed by atoms with Crippen molar-refractivity contribution < 1.29 is 0 Å². The van der Waals surface area contributed by atoms with Crippen molar-refractivity contribution in [2.24, 2.45) is 5.73 Å². The molecule has 0 aromatic heterocycles. The topological polar surface area (TPSA) is 26.0 Å². The van der Waals surface area contributed by atoms with Crippen molar-refractivity contribution in [2.45, 2.75) is 26.3 Å². The molecule has 0 fully saturated rings. The Morgan fingerprint density at radius 3 is 2.32 bits per heavy atom. The van der Waals surface area contributed by atoms with Gasteiger partial charge in [-0.3, -0.25) is 0 Å². The first-order valence-electron chi connectivity index (χ1n) is 6.23. The number of halogens is 2. The smallest absolute Gasteiger partial charge is 0.0548 e. The second-order valence-electron chi connectivity index (χ2n) is 4.98. The maximum atomic E-state index is 6.28. The average molecular weight is 339 g/mol. The Bertz CT molecular complexity index is 575. The zero-order valence-corrected chi connectivity index (χ0v) is 13.4. The van der Waals surface area contributed by atoms with Crippen LogP contribution in [0.1, 0.15) is 28.3 Å². The summed E-state index contributed by atoms with van der Waals surface area (Å²) in [6.45, 7) is 4.22. The fourth-order valence-electron chi connectivity index (χ4n) is 2.30. The summed E-state index contributed by atoms with van der Waals surface area (Å²) in [6.07, 6.45) is 0.830. The molecule has 0 heterocycles. The molecule has 3 heteroatoms. The van der Waals surface area contributed by atoms with Crippen LogP contribution in [0, 0.1) is 13.8 Å². The van der Waals surface area contributed by atoms with E-state index in [1.807, 2.05) is 18.2 Å². The zero-order valence-electron chi connectivity index (χ0n) is 11.1. The minimum Gasteiger partial charge on any atom is -0.324 e. The highest BCUT2D eigenvalue weighted by Crippen LogP contribution is 2.27. The van der Waals surface area contributed by atoms with Gasteiger partial charge in [0.1, 0.15) is 0 Å². The Balaban J connectivity index is 2.20. The molecule has 0 aliphatic carbocycles. The van der Waals surface area contributed by atoms with Crippen molar-refractivity contribution in [3.05, 3.63) is 68.1 Å². The van der Waals surface area contributed by atoms with E-state index in [1.54, 1.807) is 0 Å². The van der Waals surface area contributed by atoms with Crippen molar-refractivity contribution in [1.82, 2.24) is 0 Å². The van der Waals surface area contributed by atoms with Crippen molar-refractivity contribution in [3.63, 3.8) is 0 Å². The highest BCUT2D eigenvalue weighted by molar-refractivity contribution is 9.10. The maximum absolute atomic E-state index is 6.28. The van der Waals surface area contributed by atoms with Crippen LogP contribution in [0.5, 0.6) is 0 Å². The van der Waals surface area contributed by atoms with E-state index in [0.29, 0.717) is 5.02 Å². The highest BCUT2D eigenvalue weighted by Gasteiger charge is 2.09. The van der Waals surface area contributed by atoms with E-state index >= 15 is 0 Å². The summed E-state index contributed by atoms with van der Waals surface area (Å²) in [7, 11) is 0. The molecule has 0 saturated heterocycles. The van der Waals surface area contributed by atoms with Gasteiger partial charge in [0.25, 0.3) is 0 Å². The van der Waals surface area contributed by atoms with Gasteiger partial charge in [0.05, 0.1) is 5.02 Å². The molecule has 0 amide bonds. The molecular weight excluding hydrogens is 322 g/mol. The van der Waals surface area contributed by atoms with Gasteiger partial charge < -0.3 is 5.73 Å². The maximum Gasteiger partial charge on any atom is 0.0548 e. The fourth-order valence-corrected chi connectivity index (χ4v) is 2.82. The van der Waals surface area contributed by atoms with E-state index in [2.05, 4.69) is 48.0 Å². The molecule has 0 saturated carbocycles. The van der Waals surface area contributed by atoms with Crippen LogP contribution in [0.15, 0.2) is 40.9 Å². The Kier molecular flexibility index (Phi) is 4.67. The molecule has 1 unspecified atom stereocenters. The van der Waals surface area contributed by atoms with Gasteiger partial charge in [-0.1, -0.05) is 47.0 Å². The Morgan fingerprint density at radius 2 is 1.74 bits per heavy atom. The van der Waals surface area contributed by atoms with Crippen LogP contribution in [-0.4, -0.2) is 0 Å². The van der Waals surface area contributed by atoms with E-state index in [-0.39, 0.29) is 6.04 Å². The number of benzene rings is 2. The van der Waals surface area contributed by atoms with Gasteiger partial charge >= 0.3 is 0 Å². The van der Waals surface area contributed by atoms with Crippen molar-refractivity contribution in [3.8, 4) is 0 Å². The average Bonchev–Trinajstić information content (AvgIpc) is 2.31. The van der Waals surface area contributed by atoms with Crippen LogP contribution < -0.4 is 5.73 Å². The minimum atomic E-state index is -0.0187. The molecule has 0 spiro atoms. The lowest BCUT2D eigenvalue weighted by Gasteiger charge is -2.14. The summed E-state index contributed by atoms with van der Waals surface area (Å²) in [5.41, 5.74) is 11.2. The number of hydrogen-bond acceptors (Lipinski definition) is 1. The molecule has 1 atom stereocenters. The Hall–Kier alpha value is -0.830. The number of nitrogens with two attached hydrogens (primary N) is 1. The lowest BCUT2D eigenvalue weighted by Crippen LogP contribution is -2.13. The van der Waals surface area contributed by atoms with Gasteiger partial charge in [0.2, 0.25) is 0 Å². The van der Waals surface area contributed by atoms with E-state index in [1.165, 1.54) is 16.7 Å². The van der Waals surface area contributed by atoms with Gasteiger partial charge in [-0.05, 0) is 59.5 Å².